The van der Waals surface area contributed by atoms with Gasteiger partial charge in [0.15, 0.2) is 0 Å². The molecule has 0 bridgehead atoms. The molecular weight excluding hydrogens is 216 g/mol. The molecule has 3 unspecified atom stereocenters. The van der Waals surface area contributed by atoms with Crippen LogP contribution in [0, 0.1) is 22.7 Å². The van der Waals surface area contributed by atoms with Gasteiger partial charge in [-0.1, -0.05) is 13.3 Å². The zero-order valence-corrected chi connectivity index (χ0v) is 10.7. The molecule has 96 valence electrons. The maximum Gasteiger partial charge on any atom is 0.240 e. The van der Waals surface area contributed by atoms with Crippen LogP contribution in [-0.2, 0) is 4.79 Å². The lowest BCUT2D eigenvalue weighted by atomic mass is 9.85. The Labute approximate surface area is 103 Å². The highest BCUT2D eigenvalue weighted by Crippen LogP contribution is 2.24. The number of nitrogens with one attached hydrogen (secondary N) is 1. The van der Waals surface area contributed by atoms with Gasteiger partial charge < -0.3 is 10.4 Å². The van der Waals surface area contributed by atoms with Crippen LogP contribution < -0.4 is 5.32 Å². The van der Waals surface area contributed by atoms with E-state index in [2.05, 4.69) is 11.4 Å². The van der Waals surface area contributed by atoms with E-state index >= 15 is 0 Å². The second-order valence-electron chi connectivity index (χ2n) is 5.19. The standard InChI is InChI=1S/C13H22N2O2/c1-3-13(2,9-14)12(17)15-8-10-5-4-6-11(16)7-10/h10-11,16H,3-8H2,1-2H3,(H,15,17). The monoisotopic (exact) mass is 238 g/mol. The highest BCUT2D eigenvalue weighted by molar-refractivity contribution is 5.84. The molecule has 1 rings (SSSR count). The molecule has 1 aliphatic carbocycles. The van der Waals surface area contributed by atoms with Gasteiger partial charge in [-0.2, -0.15) is 5.26 Å². The van der Waals surface area contributed by atoms with Crippen LogP contribution in [0.4, 0.5) is 0 Å². The van der Waals surface area contributed by atoms with Crippen molar-refractivity contribution in [3.8, 4) is 6.07 Å². The van der Waals surface area contributed by atoms with Crippen molar-refractivity contribution in [3.63, 3.8) is 0 Å². The SMILES string of the molecule is CCC(C)(C#N)C(=O)NCC1CCCC(O)C1. The van der Waals surface area contributed by atoms with Crippen LogP contribution in [0.5, 0.6) is 0 Å². The van der Waals surface area contributed by atoms with Crippen molar-refractivity contribution in [3.05, 3.63) is 0 Å². The first-order chi connectivity index (χ1) is 8.01. The first kappa shape index (κ1) is 14.0. The van der Waals surface area contributed by atoms with E-state index in [4.69, 9.17) is 5.26 Å². The van der Waals surface area contributed by atoms with E-state index in [0.29, 0.717) is 18.9 Å². The Morgan fingerprint density at radius 3 is 2.82 bits per heavy atom. The number of rotatable bonds is 4. The summed E-state index contributed by atoms with van der Waals surface area (Å²) in [5, 5.41) is 21.4. The quantitative estimate of drug-likeness (QED) is 0.781. The highest BCUT2D eigenvalue weighted by atomic mass is 16.3. The Balaban J connectivity index is 2.40. The van der Waals surface area contributed by atoms with Gasteiger partial charge in [-0.3, -0.25) is 4.79 Å². The van der Waals surface area contributed by atoms with Crippen LogP contribution in [0.3, 0.4) is 0 Å². The fourth-order valence-corrected chi connectivity index (χ4v) is 2.17. The molecule has 0 heterocycles. The van der Waals surface area contributed by atoms with Crippen LogP contribution in [0.1, 0.15) is 46.0 Å². The largest absolute Gasteiger partial charge is 0.393 e. The van der Waals surface area contributed by atoms with Gasteiger partial charge in [-0.05, 0) is 38.5 Å². The molecule has 1 aliphatic rings. The van der Waals surface area contributed by atoms with Gasteiger partial charge in [0.05, 0.1) is 12.2 Å². The molecule has 0 aromatic carbocycles. The minimum Gasteiger partial charge on any atom is -0.393 e. The number of nitrogens with zero attached hydrogens (tertiary/aromatic N) is 1. The maximum atomic E-state index is 11.9. The maximum absolute atomic E-state index is 11.9. The predicted octanol–water partition coefficient (Wildman–Crippen LogP) is 1.59. The Morgan fingerprint density at radius 2 is 2.29 bits per heavy atom. The average molecular weight is 238 g/mol. The second-order valence-corrected chi connectivity index (χ2v) is 5.19. The fraction of sp³-hybridized carbons (Fsp3) is 0.846. The summed E-state index contributed by atoms with van der Waals surface area (Å²) in [7, 11) is 0. The zero-order valence-electron chi connectivity index (χ0n) is 10.7. The van der Waals surface area contributed by atoms with Crippen molar-refractivity contribution < 1.29 is 9.90 Å². The van der Waals surface area contributed by atoms with Gasteiger partial charge in [0.1, 0.15) is 5.41 Å². The van der Waals surface area contributed by atoms with Crippen LogP contribution in [0.25, 0.3) is 0 Å². The minimum atomic E-state index is -0.923. The van der Waals surface area contributed by atoms with Crippen molar-refractivity contribution in [2.24, 2.45) is 11.3 Å². The van der Waals surface area contributed by atoms with Crippen molar-refractivity contribution >= 4 is 5.91 Å². The summed E-state index contributed by atoms with van der Waals surface area (Å²) in [5.41, 5.74) is -0.923. The lowest BCUT2D eigenvalue weighted by Gasteiger charge is -2.27. The van der Waals surface area contributed by atoms with E-state index in [0.717, 1.165) is 25.7 Å². The first-order valence-electron chi connectivity index (χ1n) is 6.39. The second kappa shape index (κ2) is 6.02. The molecular formula is C13H22N2O2. The Hall–Kier alpha value is -1.08. The number of aliphatic hydroxyl groups is 1. The summed E-state index contributed by atoms with van der Waals surface area (Å²) in [6.45, 7) is 4.08. The molecule has 1 amide bonds. The minimum absolute atomic E-state index is 0.192. The normalized spacial score (nSPS) is 27.9. The molecule has 0 spiro atoms. The van der Waals surface area contributed by atoms with Crippen LogP contribution in [0.2, 0.25) is 0 Å². The Kier molecular flexibility index (Phi) is 4.95. The Morgan fingerprint density at radius 1 is 1.59 bits per heavy atom. The molecule has 0 radical (unpaired) electrons. The van der Waals surface area contributed by atoms with Gasteiger partial charge in [-0.25, -0.2) is 0 Å². The molecule has 17 heavy (non-hydrogen) atoms. The number of carbonyl (C=O) groups excluding carboxylic acids is 1. The van der Waals surface area contributed by atoms with Gasteiger partial charge in [0, 0.05) is 6.54 Å². The van der Waals surface area contributed by atoms with Gasteiger partial charge in [-0.15, -0.1) is 0 Å². The number of hydrogen-bond acceptors (Lipinski definition) is 3. The van der Waals surface area contributed by atoms with Crippen molar-refractivity contribution in [2.75, 3.05) is 6.54 Å². The van der Waals surface area contributed by atoms with E-state index in [9.17, 15) is 9.90 Å². The van der Waals surface area contributed by atoms with E-state index in [-0.39, 0.29) is 12.0 Å². The Bertz CT molecular complexity index is 311. The molecule has 0 aliphatic heterocycles. The summed E-state index contributed by atoms with van der Waals surface area (Å²) in [6, 6.07) is 2.06. The third kappa shape index (κ3) is 3.71. The van der Waals surface area contributed by atoms with Gasteiger partial charge in [0.25, 0.3) is 0 Å². The smallest absolute Gasteiger partial charge is 0.240 e. The van der Waals surface area contributed by atoms with E-state index < -0.39 is 5.41 Å². The summed E-state index contributed by atoms with van der Waals surface area (Å²) in [5.74, 6) is 0.157. The molecule has 0 aromatic rings. The molecule has 2 N–H and O–H groups in total. The van der Waals surface area contributed by atoms with E-state index in [1.54, 1.807) is 6.92 Å². The molecule has 4 heteroatoms. The van der Waals surface area contributed by atoms with E-state index in [1.165, 1.54) is 0 Å². The zero-order chi connectivity index (χ0) is 12.9. The topological polar surface area (TPSA) is 73.1 Å². The van der Waals surface area contributed by atoms with Crippen LogP contribution >= 0.6 is 0 Å². The van der Waals surface area contributed by atoms with Crippen molar-refractivity contribution in [1.82, 2.24) is 5.32 Å². The van der Waals surface area contributed by atoms with Crippen molar-refractivity contribution in [1.29, 1.82) is 5.26 Å². The predicted molar refractivity (Wildman–Crippen MR) is 65.0 cm³/mol. The number of carbonyl (C=O) groups is 1. The molecule has 1 fully saturated rings. The lowest BCUT2D eigenvalue weighted by molar-refractivity contribution is -0.127. The number of aliphatic hydroxyl groups excluding tert-OH is 1. The summed E-state index contributed by atoms with van der Waals surface area (Å²) >= 11 is 0. The molecule has 0 aromatic heterocycles. The lowest BCUT2D eigenvalue weighted by Crippen LogP contribution is -2.41. The first-order valence-corrected chi connectivity index (χ1v) is 6.39. The molecule has 1 saturated carbocycles. The third-order valence-corrected chi connectivity index (χ3v) is 3.76. The number of amides is 1. The van der Waals surface area contributed by atoms with Crippen molar-refractivity contribution in [2.45, 2.75) is 52.1 Å². The third-order valence-electron chi connectivity index (χ3n) is 3.76. The summed E-state index contributed by atoms with van der Waals surface area (Å²) in [6.07, 6.45) is 3.99. The fourth-order valence-electron chi connectivity index (χ4n) is 2.17. The van der Waals surface area contributed by atoms with Gasteiger partial charge in [0.2, 0.25) is 5.91 Å². The molecule has 0 saturated heterocycles. The number of hydrogen-bond donors (Lipinski definition) is 2. The summed E-state index contributed by atoms with van der Waals surface area (Å²) in [4.78, 5) is 11.9. The average Bonchev–Trinajstić information content (AvgIpc) is 2.35. The van der Waals surface area contributed by atoms with Gasteiger partial charge >= 0.3 is 0 Å². The molecule has 3 atom stereocenters. The van der Waals surface area contributed by atoms with Crippen LogP contribution in [0.15, 0.2) is 0 Å². The van der Waals surface area contributed by atoms with Crippen LogP contribution in [-0.4, -0.2) is 23.7 Å². The number of nitriles is 1. The highest BCUT2D eigenvalue weighted by Gasteiger charge is 2.31. The molecule has 4 nitrogen and oxygen atoms in total. The summed E-state index contributed by atoms with van der Waals surface area (Å²) < 4.78 is 0. The van der Waals surface area contributed by atoms with E-state index in [1.807, 2.05) is 6.92 Å².